The molecule has 0 radical (unpaired) electrons. The summed E-state index contributed by atoms with van der Waals surface area (Å²) in [5.74, 6) is 0.786. The number of benzene rings is 1. The van der Waals surface area contributed by atoms with Crippen LogP contribution in [0.1, 0.15) is 37.3 Å². The number of nitrogens with zero attached hydrogens (tertiary/aromatic N) is 1. The normalized spacial score (nSPS) is 37.8. The fraction of sp³-hybridized carbons (Fsp3) is 0.562. The van der Waals surface area contributed by atoms with E-state index in [-0.39, 0.29) is 5.91 Å². The number of nitrogens with one attached hydrogen (secondary N) is 1. The van der Waals surface area contributed by atoms with E-state index in [1.807, 2.05) is 0 Å². The first-order valence-electron chi connectivity index (χ1n) is 7.43. The monoisotopic (exact) mass is 256 g/mol. The molecule has 3 heterocycles. The fourth-order valence-electron chi connectivity index (χ4n) is 4.38. The van der Waals surface area contributed by atoms with Gasteiger partial charge in [0.25, 0.3) is 0 Å². The Kier molecular flexibility index (Phi) is 2.62. The lowest BCUT2D eigenvalue weighted by Gasteiger charge is -2.44. The third kappa shape index (κ3) is 1.79. The van der Waals surface area contributed by atoms with Crippen molar-refractivity contribution in [3.8, 4) is 0 Å². The van der Waals surface area contributed by atoms with Crippen molar-refractivity contribution in [2.24, 2.45) is 5.92 Å². The summed E-state index contributed by atoms with van der Waals surface area (Å²) in [7, 11) is 0. The molecule has 0 spiro atoms. The molecule has 0 saturated carbocycles. The molecule has 4 rings (SSSR count). The highest BCUT2D eigenvalue weighted by atomic mass is 16.2. The Morgan fingerprint density at radius 1 is 1.21 bits per heavy atom. The minimum Gasteiger partial charge on any atom is -0.351 e. The van der Waals surface area contributed by atoms with E-state index in [0.717, 1.165) is 6.42 Å². The third-order valence-corrected chi connectivity index (χ3v) is 5.12. The maximum Gasteiger partial charge on any atom is 0.220 e. The van der Waals surface area contributed by atoms with Gasteiger partial charge in [-0.25, -0.2) is 0 Å². The molecule has 4 atom stereocenters. The Bertz CT molecular complexity index is 487. The first-order valence-corrected chi connectivity index (χ1v) is 7.43. The van der Waals surface area contributed by atoms with Gasteiger partial charge >= 0.3 is 0 Å². The summed E-state index contributed by atoms with van der Waals surface area (Å²) in [4.78, 5) is 14.4. The largest absolute Gasteiger partial charge is 0.351 e. The standard InChI is InChI=1S/C16H20N2O/c19-14-10-12-9-13-7-4-8-18(13)16(15(12)17-14)11-5-2-1-3-6-11/h1-3,5-6,12-13,15-16H,4,7-10H2,(H,17,19)/t12-,13+,15-,16+/m0/s1. The SMILES string of the molecule is O=C1C[C@@H]2C[C@H]3CCCN3[C@H](c3ccccc3)[C@H]2N1. The van der Waals surface area contributed by atoms with Crippen LogP contribution in [0.5, 0.6) is 0 Å². The summed E-state index contributed by atoms with van der Waals surface area (Å²) in [5.41, 5.74) is 1.37. The predicted octanol–water partition coefficient (Wildman–Crippen LogP) is 2.10. The maximum atomic E-state index is 11.8. The van der Waals surface area contributed by atoms with Gasteiger partial charge in [-0.2, -0.15) is 0 Å². The summed E-state index contributed by atoms with van der Waals surface area (Å²) < 4.78 is 0. The molecule has 1 N–H and O–H groups in total. The molecular weight excluding hydrogens is 236 g/mol. The van der Waals surface area contributed by atoms with Crippen LogP contribution >= 0.6 is 0 Å². The summed E-state index contributed by atoms with van der Waals surface area (Å²) in [6, 6.07) is 12.1. The van der Waals surface area contributed by atoms with Crippen LogP contribution in [0.2, 0.25) is 0 Å². The predicted molar refractivity (Wildman–Crippen MR) is 73.6 cm³/mol. The van der Waals surface area contributed by atoms with Gasteiger partial charge < -0.3 is 5.32 Å². The van der Waals surface area contributed by atoms with E-state index >= 15 is 0 Å². The van der Waals surface area contributed by atoms with Crippen molar-refractivity contribution in [1.82, 2.24) is 10.2 Å². The number of hydrogen-bond donors (Lipinski definition) is 1. The van der Waals surface area contributed by atoms with Gasteiger partial charge in [0.2, 0.25) is 5.91 Å². The molecule has 1 aromatic rings. The maximum absolute atomic E-state index is 11.8. The molecule has 3 nitrogen and oxygen atoms in total. The van der Waals surface area contributed by atoms with Crippen LogP contribution in [-0.4, -0.2) is 29.4 Å². The van der Waals surface area contributed by atoms with Gasteiger partial charge in [0, 0.05) is 12.5 Å². The first kappa shape index (κ1) is 11.5. The van der Waals surface area contributed by atoms with E-state index in [2.05, 4.69) is 40.5 Å². The number of carbonyl (C=O) groups excluding carboxylic acids is 1. The van der Waals surface area contributed by atoms with Crippen molar-refractivity contribution in [2.45, 2.75) is 43.8 Å². The van der Waals surface area contributed by atoms with Crippen molar-refractivity contribution in [2.75, 3.05) is 6.54 Å². The van der Waals surface area contributed by atoms with Gasteiger partial charge in [-0.1, -0.05) is 30.3 Å². The number of hydrogen-bond acceptors (Lipinski definition) is 2. The lowest BCUT2D eigenvalue weighted by Crippen LogP contribution is -2.51. The molecule has 0 unspecified atom stereocenters. The summed E-state index contributed by atoms with van der Waals surface area (Å²) in [6.07, 6.45) is 4.55. The van der Waals surface area contributed by atoms with Crippen LogP contribution in [0.25, 0.3) is 0 Å². The Hall–Kier alpha value is -1.35. The minimum atomic E-state index is 0.247. The number of piperidine rings is 1. The zero-order chi connectivity index (χ0) is 12.8. The van der Waals surface area contributed by atoms with Gasteiger partial charge in [-0.05, 0) is 37.3 Å². The molecule has 0 aromatic heterocycles. The minimum absolute atomic E-state index is 0.247. The Morgan fingerprint density at radius 3 is 2.89 bits per heavy atom. The van der Waals surface area contributed by atoms with Crippen molar-refractivity contribution >= 4 is 5.91 Å². The second-order valence-corrected chi connectivity index (χ2v) is 6.18. The second-order valence-electron chi connectivity index (χ2n) is 6.18. The van der Waals surface area contributed by atoms with Gasteiger partial charge in [0.1, 0.15) is 0 Å². The topological polar surface area (TPSA) is 32.3 Å². The van der Waals surface area contributed by atoms with E-state index < -0.39 is 0 Å². The van der Waals surface area contributed by atoms with Gasteiger partial charge in [0.05, 0.1) is 12.1 Å². The number of amides is 1. The average Bonchev–Trinajstić information content (AvgIpc) is 3.01. The highest BCUT2D eigenvalue weighted by Crippen LogP contribution is 2.45. The molecule has 0 bridgehead atoms. The second kappa shape index (κ2) is 4.34. The number of fused-ring (bicyclic) bond motifs is 2. The van der Waals surface area contributed by atoms with Crippen LogP contribution in [0.4, 0.5) is 0 Å². The van der Waals surface area contributed by atoms with Crippen LogP contribution in [0.3, 0.4) is 0 Å². The van der Waals surface area contributed by atoms with E-state index in [9.17, 15) is 4.79 Å². The lowest BCUT2D eigenvalue weighted by atomic mass is 9.80. The van der Waals surface area contributed by atoms with Crippen LogP contribution in [0, 0.1) is 5.92 Å². The molecule has 3 fully saturated rings. The molecule has 19 heavy (non-hydrogen) atoms. The number of rotatable bonds is 1. The third-order valence-electron chi connectivity index (χ3n) is 5.12. The van der Waals surface area contributed by atoms with Gasteiger partial charge in [0.15, 0.2) is 0 Å². The van der Waals surface area contributed by atoms with Crippen molar-refractivity contribution in [3.63, 3.8) is 0 Å². The van der Waals surface area contributed by atoms with E-state index in [0.29, 0.717) is 24.0 Å². The smallest absolute Gasteiger partial charge is 0.220 e. The molecule has 3 aliphatic heterocycles. The fourth-order valence-corrected chi connectivity index (χ4v) is 4.38. The van der Waals surface area contributed by atoms with Gasteiger partial charge in [-0.15, -0.1) is 0 Å². The van der Waals surface area contributed by atoms with E-state index in [4.69, 9.17) is 0 Å². The molecule has 3 heteroatoms. The van der Waals surface area contributed by atoms with Crippen LogP contribution < -0.4 is 5.32 Å². The molecule has 0 aliphatic carbocycles. The van der Waals surface area contributed by atoms with E-state index in [1.54, 1.807) is 0 Å². The van der Waals surface area contributed by atoms with Gasteiger partial charge in [-0.3, -0.25) is 9.69 Å². The lowest BCUT2D eigenvalue weighted by molar-refractivity contribution is -0.119. The summed E-state index contributed by atoms with van der Waals surface area (Å²) in [6.45, 7) is 1.18. The van der Waals surface area contributed by atoms with Crippen molar-refractivity contribution in [3.05, 3.63) is 35.9 Å². The quantitative estimate of drug-likeness (QED) is 0.834. The Morgan fingerprint density at radius 2 is 2.05 bits per heavy atom. The zero-order valence-corrected chi connectivity index (χ0v) is 11.1. The molecule has 3 saturated heterocycles. The summed E-state index contributed by atoms with van der Waals surface area (Å²) >= 11 is 0. The molecule has 1 aromatic carbocycles. The van der Waals surface area contributed by atoms with Crippen molar-refractivity contribution < 1.29 is 4.79 Å². The Labute approximate surface area is 114 Å². The highest BCUT2D eigenvalue weighted by molar-refractivity contribution is 5.79. The van der Waals surface area contributed by atoms with Crippen molar-refractivity contribution in [1.29, 1.82) is 0 Å². The Balaban J connectivity index is 1.73. The number of carbonyl (C=O) groups is 1. The van der Waals surface area contributed by atoms with E-state index in [1.165, 1.54) is 31.4 Å². The molecular formula is C16H20N2O. The average molecular weight is 256 g/mol. The molecule has 100 valence electrons. The van der Waals surface area contributed by atoms with Crippen LogP contribution in [-0.2, 0) is 4.79 Å². The van der Waals surface area contributed by atoms with Crippen LogP contribution in [0.15, 0.2) is 30.3 Å². The zero-order valence-electron chi connectivity index (χ0n) is 11.1. The molecule has 3 aliphatic rings. The first-order chi connectivity index (χ1) is 9.33. The molecule has 1 amide bonds. The highest BCUT2D eigenvalue weighted by Gasteiger charge is 2.49. The summed E-state index contributed by atoms with van der Waals surface area (Å²) in [5, 5.41) is 3.24.